The topological polar surface area (TPSA) is 72.7 Å². The number of nitro groups is 1. The normalized spacial score (nSPS) is 10.4. The fraction of sp³-hybridized carbons (Fsp3) is 0.267. The number of aryl methyl sites for hydroxylation is 1. The Morgan fingerprint density at radius 1 is 1.43 bits per heavy atom. The number of hydrogen-bond donors (Lipinski definition) is 0. The molecule has 2 rings (SSSR count). The number of carbonyl (C=O) groups is 1. The average molecular weight is 355 g/mol. The Morgan fingerprint density at radius 2 is 2.17 bits per heavy atom. The number of nitro benzene ring substituents is 1. The van der Waals surface area contributed by atoms with Gasteiger partial charge in [0.2, 0.25) is 0 Å². The third kappa shape index (κ3) is 4.43. The van der Waals surface area contributed by atoms with Gasteiger partial charge in [-0.3, -0.25) is 14.9 Å². The molecule has 0 saturated heterocycles. The van der Waals surface area contributed by atoms with E-state index in [9.17, 15) is 14.9 Å². The highest BCUT2D eigenvalue weighted by molar-refractivity contribution is 7.10. The number of halogens is 1. The number of ether oxygens (including phenoxy) is 1. The van der Waals surface area contributed by atoms with E-state index in [0.717, 1.165) is 10.4 Å². The predicted octanol–water partition coefficient (Wildman–Crippen LogP) is 3.66. The number of carbonyl (C=O) groups excluding carboxylic acids is 1. The van der Waals surface area contributed by atoms with Gasteiger partial charge in [-0.1, -0.05) is 11.6 Å². The highest BCUT2D eigenvalue weighted by Gasteiger charge is 2.18. The molecule has 6 nitrogen and oxygen atoms in total. The zero-order valence-electron chi connectivity index (χ0n) is 12.6. The van der Waals surface area contributed by atoms with Crippen molar-refractivity contribution in [3.63, 3.8) is 0 Å². The van der Waals surface area contributed by atoms with Gasteiger partial charge in [-0.05, 0) is 36.1 Å². The molecule has 2 aromatic rings. The van der Waals surface area contributed by atoms with E-state index < -0.39 is 4.92 Å². The molecule has 1 aromatic carbocycles. The van der Waals surface area contributed by atoms with Crippen molar-refractivity contribution in [2.75, 3.05) is 13.7 Å². The Balaban J connectivity index is 1.99. The number of amides is 1. The Hall–Kier alpha value is -2.12. The standard InChI is InChI=1S/C15H15ClN2O4S/c1-10-5-6-23-14(10)8-17(2)15(19)9-22-13-4-3-11(16)7-12(13)18(20)21/h3-7H,8-9H2,1-2H3. The second-order valence-corrected chi connectivity index (χ2v) is 6.37. The number of rotatable bonds is 6. The van der Waals surface area contributed by atoms with E-state index in [0.29, 0.717) is 6.54 Å². The van der Waals surface area contributed by atoms with E-state index in [1.165, 1.54) is 23.1 Å². The van der Waals surface area contributed by atoms with Gasteiger partial charge in [0.1, 0.15) is 0 Å². The number of benzene rings is 1. The summed E-state index contributed by atoms with van der Waals surface area (Å²) >= 11 is 7.31. The highest BCUT2D eigenvalue weighted by Crippen LogP contribution is 2.29. The first-order valence-electron chi connectivity index (χ1n) is 6.72. The van der Waals surface area contributed by atoms with Gasteiger partial charge in [0.15, 0.2) is 12.4 Å². The van der Waals surface area contributed by atoms with Crippen molar-refractivity contribution in [2.24, 2.45) is 0 Å². The summed E-state index contributed by atoms with van der Waals surface area (Å²) in [5, 5.41) is 13.2. The number of nitrogens with zero attached hydrogens (tertiary/aromatic N) is 2. The molecule has 1 heterocycles. The predicted molar refractivity (Wildman–Crippen MR) is 89.1 cm³/mol. The summed E-state index contributed by atoms with van der Waals surface area (Å²) in [4.78, 5) is 25.1. The molecule has 23 heavy (non-hydrogen) atoms. The van der Waals surface area contributed by atoms with Gasteiger partial charge in [-0.15, -0.1) is 11.3 Å². The summed E-state index contributed by atoms with van der Waals surface area (Å²) in [6.07, 6.45) is 0. The lowest BCUT2D eigenvalue weighted by atomic mass is 10.3. The molecular weight excluding hydrogens is 340 g/mol. The van der Waals surface area contributed by atoms with Crippen LogP contribution in [0.25, 0.3) is 0 Å². The molecule has 122 valence electrons. The van der Waals surface area contributed by atoms with E-state index in [4.69, 9.17) is 16.3 Å². The van der Waals surface area contributed by atoms with Crippen molar-refractivity contribution >= 4 is 34.5 Å². The summed E-state index contributed by atoms with van der Waals surface area (Å²) in [5.74, 6) is -0.240. The van der Waals surface area contributed by atoms with Crippen LogP contribution in [0.15, 0.2) is 29.6 Å². The second-order valence-electron chi connectivity index (χ2n) is 4.93. The van der Waals surface area contributed by atoms with E-state index in [1.807, 2.05) is 18.4 Å². The Morgan fingerprint density at radius 3 is 2.78 bits per heavy atom. The first-order valence-corrected chi connectivity index (χ1v) is 7.98. The van der Waals surface area contributed by atoms with Crippen LogP contribution in [0.1, 0.15) is 10.4 Å². The molecule has 0 saturated carbocycles. The molecule has 1 aromatic heterocycles. The minimum absolute atomic E-state index is 0.0217. The van der Waals surface area contributed by atoms with Gasteiger partial charge < -0.3 is 9.64 Å². The van der Waals surface area contributed by atoms with Gasteiger partial charge in [0.25, 0.3) is 5.91 Å². The van der Waals surface area contributed by atoms with Crippen molar-refractivity contribution in [1.82, 2.24) is 4.90 Å². The largest absolute Gasteiger partial charge is 0.477 e. The zero-order chi connectivity index (χ0) is 17.0. The maximum absolute atomic E-state index is 12.1. The van der Waals surface area contributed by atoms with Crippen LogP contribution in [-0.2, 0) is 11.3 Å². The number of thiophene rings is 1. The number of hydrogen-bond acceptors (Lipinski definition) is 5. The molecule has 0 bridgehead atoms. The molecule has 0 aliphatic heterocycles. The third-order valence-corrected chi connectivity index (χ3v) is 4.49. The van der Waals surface area contributed by atoms with Crippen molar-refractivity contribution in [1.29, 1.82) is 0 Å². The van der Waals surface area contributed by atoms with Gasteiger partial charge >= 0.3 is 5.69 Å². The average Bonchev–Trinajstić information content (AvgIpc) is 2.90. The lowest BCUT2D eigenvalue weighted by molar-refractivity contribution is -0.385. The lowest BCUT2D eigenvalue weighted by Crippen LogP contribution is -2.30. The van der Waals surface area contributed by atoms with Crippen LogP contribution in [-0.4, -0.2) is 29.4 Å². The van der Waals surface area contributed by atoms with Crippen LogP contribution in [0.4, 0.5) is 5.69 Å². The molecule has 0 aliphatic carbocycles. The van der Waals surface area contributed by atoms with Gasteiger partial charge in [-0.2, -0.15) is 0 Å². The molecule has 0 atom stereocenters. The monoisotopic (exact) mass is 354 g/mol. The molecule has 0 fully saturated rings. The molecule has 0 N–H and O–H groups in total. The zero-order valence-corrected chi connectivity index (χ0v) is 14.2. The maximum Gasteiger partial charge on any atom is 0.312 e. The third-order valence-electron chi connectivity index (χ3n) is 3.24. The Bertz CT molecular complexity index is 732. The summed E-state index contributed by atoms with van der Waals surface area (Å²) in [6.45, 7) is 2.19. The first-order chi connectivity index (χ1) is 10.9. The quantitative estimate of drug-likeness (QED) is 0.586. The minimum Gasteiger partial charge on any atom is -0.477 e. The Labute approximate surface area is 142 Å². The molecule has 0 radical (unpaired) electrons. The second kappa shape index (κ2) is 7.43. The highest BCUT2D eigenvalue weighted by atomic mass is 35.5. The van der Waals surface area contributed by atoms with Gasteiger partial charge in [0.05, 0.1) is 11.5 Å². The van der Waals surface area contributed by atoms with Crippen LogP contribution in [0.3, 0.4) is 0 Å². The van der Waals surface area contributed by atoms with E-state index in [2.05, 4.69) is 0 Å². The molecule has 0 aliphatic rings. The van der Waals surface area contributed by atoms with Crippen LogP contribution in [0.5, 0.6) is 5.75 Å². The van der Waals surface area contributed by atoms with Crippen molar-refractivity contribution in [3.05, 3.63) is 55.2 Å². The van der Waals surface area contributed by atoms with Crippen LogP contribution in [0, 0.1) is 17.0 Å². The molecular formula is C15H15ClN2O4S. The molecule has 0 spiro atoms. The summed E-state index contributed by atoms with van der Waals surface area (Å²) < 4.78 is 5.30. The van der Waals surface area contributed by atoms with Crippen LogP contribution >= 0.6 is 22.9 Å². The summed E-state index contributed by atoms with van der Waals surface area (Å²) in [7, 11) is 1.67. The molecule has 1 amide bonds. The van der Waals surface area contributed by atoms with Gasteiger partial charge in [0, 0.05) is 23.0 Å². The van der Waals surface area contributed by atoms with Crippen molar-refractivity contribution in [2.45, 2.75) is 13.5 Å². The first kappa shape index (κ1) is 17.2. The van der Waals surface area contributed by atoms with Crippen molar-refractivity contribution < 1.29 is 14.5 Å². The van der Waals surface area contributed by atoms with Crippen LogP contribution < -0.4 is 4.74 Å². The summed E-state index contributed by atoms with van der Waals surface area (Å²) in [6, 6.07) is 6.05. The number of likely N-dealkylation sites (N-methyl/N-ethyl adjacent to an activating group) is 1. The molecule has 8 heteroatoms. The van der Waals surface area contributed by atoms with Crippen LogP contribution in [0.2, 0.25) is 5.02 Å². The minimum atomic E-state index is -0.593. The fourth-order valence-electron chi connectivity index (χ4n) is 1.87. The van der Waals surface area contributed by atoms with E-state index in [-0.39, 0.29) is 29.0 Å². The SMILES string of the molecule is Cc1ccsc1CN(C)C(=O)COc1ccc(Cl)cc1[N+](=O)[O-]. The Kier molecular flexibility index (Phi) is 5.57. The maximum atomic E-state index is 12.1. The fourth-order valence-corrected chi connectivity index (χ4v) is 3.00. The van der Waals surface area contributed by atoms with E-state index >= 15 is 0 Å². The molecule has 0 unspecified atom stereocenters. The van der Waals surface area contributed by atoms with Crippen molar-refractivity contribution in [3.8, 4) is 5.75 Å². The van der Waals surface area contributed by atoms with Gasteiger partial charge in [-0.25, -0.2) is 0 Å². The smallest absolute Gasteiger partial charge is 0.312 e. The van der Waals surface area contributed by atoms with E-state index in [1.54, 1.807) is 18.4 Å². The summed E-state index contributed by atoms with van der Waals surface area (Å²) in [5.41, 5.74) is 0.867. The lowest BCUT2D eigenvalue weighted by Gasteiger charge is -2.17.